The molecular weight excluding hydrogens is 315 g/mol. The van der Waals surface area contributed by atoms with Crippen LogP contribution in [0.1, 0.15) is 26.7 Å². The normalized spacial score (nSPS) is 10.8. The standard InChI is InChI=1S/C14H21ClN2OS.ClH/c1-14(2,16)10-17-13(18)4-3-9-19-12-7-5-11(15)6-8-12;/h5-8H,3-4,9-10,16H2,1-2H3,(H,17,18);1H. The molecule has 114 valence electrons. The fourth-order valence-corrected chi connectivity index (χ4v) is 2.35. The molecule has 6 heteroatoms. The van der Waals surface area contributed by atoms with Gasteiger partial charge in [0.1, 0.15) is 0 Å². The second kappa shape index (κ2) is 9.50. The zero-order valence-corrected chi connectivity index (χ0v) is 14.2. The van der Waals surface area contributed by atoms with Gasteiger partial charge >= 0.3 is 0 Å². The van der Waals surface area contributed by atoms with Crippen LogP contribution in [0.4, 0.5) is 0 Å². The molecule has 0 unspecified atom stereocenters. The molecule has 0 heterocycles. The highest BCUT2D eigenvalue weighted by atomic mass is 35.5. The number of amides is 1. The van der Waals surface area contributed by atoms with Crippen molar-refractivity contribution in [2.45, 2.75) is 37.1 Å². The maximum atomic E-state index is 11.6. The average Bonchev–Trinajstić information content (AvgIpc) is 2.33. The van der Waals surface area contributed by atoms with Crippen LogP contribution < -0.4 is 11.1 Å². The predicted molar refractivity (Wildman–Crippen MR) is 89.9 cm³/mol. The van der Waals surface area contributed by atoms with Gasteiger partial charge in [-0.05, 0) is 50.3 Å². The van der Waals surface area contributed by atoms with Gasteiger partial charge in [-0.3, -0.25) is 4.79 Å². The fourth-order valence-electron chi connectivity index (χ4n) is 1.37. The summed E-state index contributed by atoms with van der Waals surface area (Å²) < 4.78 is 0. The zero-order chi connectivity index (χ0) is 14.3. The average molecular weight is 337 g/mol. The molecule has 20 heavy (non-hydrogen) atoms. The number of carbonyl (C=O) groups excluding carboxylic acids is 1. The Morgan fingerprint density at radius 1 is 1.35 bits per heavy atom. The first-order valence-electron chi connectivity index (χ1n) is 6.31. The lowest BCUT2D eigenvalue weighted by Crippen LogP contribution is -2.45. The van der Waals surface area contributed by atoms with Crippen LogP contribution in [0.25, 0.3) is 0 Å². The van der Waals surface area contributed by atoms with Crippen LogP contribution in [-0.4, -0.2) is 23.7 Å². The van der Waals surface area contributed by atoms with Crippen LogP contribution in [0, 0.1) is 0 Å². The van der Waals surface area contributed by atoms with E-state index in [4.69, 9.17) is 17.3 Å². The summed E-state index contributed by atoms with van der Waals surface area (Å²) in [4.78, 5) is 12.7. The lowest BCUT2D eigenvalue weighted by atomic mass is 10.1. The van der Waals surface area contributed by atoms with Crippen molar-refractivity contribution in [2.75, 3.05) is 12.3 Å². The lowest BCUT2D eigenvalue weighted by molar-refractivity contribution is -0.121. The number of nitrogens with one attached hydrogen (secondary N) is 1. The third-order valence-corrected chi connectivity index (χ3v) is 3.72. The number of hydrogen-bond donors (Lipinski definition) is 2. The predicted octanol–water partition coefficient (Wildman–Crippen LogP) is 3.49. The molecule has 0 bridgehead atoms. The molecule has 1 amide bonds. The monoisotopic (exact) mass is 336 g/mol. The Kier molecular flexibility index (Phi) is 9.30. The molecule has 1 rings (SSSR count). The van der Waals surface area contributed by atoms with E-state index >= 15 is 0 Å². The van der Waals surface area contributed by atoms with Crippen LogP contribution in [0.15, 0.2) is 29.2 Å². The summed E-state index contributed by atoms with van der Waals surface area (Å²) in [6, 6.07) is 7.73. The van der Waals surface area contributed by atoms with Crippen LogP contribution >= 0.6 is 35.8 Å². The van der Waals surface area contributed by atoms with Crippen LogP contribution in [0.2, 0.25) is 5.02 Å². The lowest BCUT2D eigenvalue weighted by Gasteiger charge is -2.18. The highest BCUT2D eigenvalue weighted by Crippen LogP contribution is 2.21. The molecule has 0 aromatic heterocycles. The van der Waals surface area contributed by atoms with E-state index in [2.05, 4.69) is 5.32 Å². The second-order valence-electron chi connectivity index (χ2n) is 5.17. The van der Waals surface area contributed by atoms with Crippen LogP contribution in [-0.2, 0) is 4.79 Å². The van der Waals surface area contributed by atoms with Crippen LogP contribution in [0.5, 0.6) is 0 Å². The second-order valence-corrected chi connectivity index (χ2v) is 6.78. The van der Waals surface area contributed by atoms with Crippen molar-refractivity contribution in [3.8, 4) is 0 Å². The van der Waals surface area contributed by atoms with Gasteiger partial charge in [0.25, 0.3) is 0 Å². The van der Waals surface area contributed by atoms with Gasteiger partial charge in [-0.25, -0.2) is 0 Å². The summed E-state index contributed by atoms with van der Waals surface area (Å²) >= 11 is 7.55. The summed E-state index contributed by atoms with van der Waals surface area (Å²) in [5, 5.41) is 3.58. The molecule has 0 fully saturated rings. The molecule has 0 saturated carbocycles. The molecule has 1 aromatic carbocycles. The number of benzene rings is 1. The van der Waals surface area contributed by atoms with Crippen molar-refractivity contribution in [3.63, 3.8) is 0 Å². The number of nitrogens with two attached hydrogens (primary N) is 1. The molecule has 0 aliphatic rings. The number of hydrogen-bond acceptors (Lipinski definition) is 3. The van der Waals surface area contributed by atoms with Gasteiger partial charge < -0.3 is 11.1 Å². The molecule has 0 atom stereocenters. The summed E-state index contributed by atoms with van der Waals surface area (Å²) in [5.74, 6) is 0.983. The Labute approximate surface area is 136 Å². The molecule has 3 N–H and O–H groups in total. The van der Waals surface area contributed by atoms with E-state index in [1.54, 1.807) is 11.8 Å². The summed E-state index contributed by atoms with van der Waals surface area (Å²) in [5.41, 5.74) is 5.44. The zero-order valence-electron chi connectivity index (χ0n) is 11.8. The Morgan fingerprint density at radius 3 is 2.50 bits per heavy atom. The summed E-state index contributed by atoms with van der Waals surface area (Å²) in [7, 11) is 0. The SMILES string of the molecule is CC(C)(N)CNC(=O)CCCSc1ccc(Cl)cc1.Cl. The quantitative estimate of drug-likeness (QED) is 0.592. The van der Waals surface area contributed by atoms with Gasteiger partial charge in [-0.15, -0.1) is 24.2 Å². The number of thioether (sulfide) groups is 1. The third kappa shape index (κ3) is 9.48. The third-order valence-electron chi connectivity index (χ3n) is 2.37. The largest absolute Gasteiger partial charge is 0.354 e. The van der Waals surface area contributed by atoms with Gasteiger partial charge in [0.05, 0.1) is 0 Å². The topological polar surface area (TPSA) is 55.1 Å². The van der Waals surface area contributed by atoms with Crippen molar-refractivity contribution in [2.24, 2.45) is 5.73 Å². The number of halogens is 2. The Morgan fingerprint density at radius 2 is 1.95 bits per heavy atom. The molecule has 0 aliphatic heterocycles. The molecule has 0 spiro atoms. The maximum absolute atomic E-state index is 11.6. The Bertz CT molecular complexity index is 405. The van der Waals surface area contributed by atoms with Crippen molar-refractivity contribution < 1.29 is 4.79 Å². The molecule has 1 aromatic rings. The van der Waals surface area contributed by atoms with Gasteiger partial charge in [0, 0.05) is 28.4 Å². The first kappa shape index (κ1) is 19.6. The first-order chi connectivity index (χ1) is 8.87. The Balaban J connectivity index is 0.00000361. The molecular formula is C14H22Cl2N2OS. The minimum absolute atomic E-state index is 0. The van der Waals surface area contributed by atoms with Crippen molar-refractivity contribution in [1.82, 2.24) is 5.32 Å². The fraction of sp³-hybridized carbons (Fsp3) is 0.500. The van der Waals surface area contributed by atoms with Gasteiger partial charge in [-0.2, -0.15) is 0 Å². The van der Waals surface area contributed by atoms with Crippen molar-refractivity contribution >= 4 is 41.7 Å². The molecule has 0 aliphatic carbocycles. The van der Waals surface area contributed by atoms with E-state index < -0.39 is 0 Å². The van der Waals surface area contributed by atoms with E-state index in [9.17, 15) is 4.79 Å². The highest BCUT2D eigenvalue weighted by Gasteiger charge is 2.11. The minimum atomic E-state index is -0.353. The highest BCUT2D eigenvalue weighted by molar-refractivity contribution is 7.99. The number of carbonyl (C=O) groups is 1. The van der Waals surface area contributed by atoms with E-state index in [-0.39, 0.29) is 23.9 Å². The van der Waals surface area contributed by atoms with Crippen molar-refractivity contribution in [1.29, 1.82) is 0 Å². The summed E-state index contributed by atoms with van der Waals surface area (Å²) in [6.45, 7) is 4.30. The van der Waals surface area contributed by atoms with Crippen molar-refractivity contribution in [3.05, 3.63) is 29.3 Å². The maximum Gasteiger partial charge on any atom is 0.220 e. The Hall–Kier alpha value is -0.420. The van der Waals surface area contributed by atoms with E-state index in [1.807, 2.05) is 38.1 Å². The number of rotatable bonds is 7. The van der Waals surface area contributed by atoms with Gasteiger partial charge in [0.15, 0.2) is 0 Å². The van der Waals surface area contributed by atoms with Gasteiger partial charge in [0.2, 0.25) is 5.91 Å². The van der Waals surface area contributed by atoms with E-state index in [0.717, 1.165) is 17.2 Å². The first-order valence-corrected chi connectivity index (χ1v) is 7.67. The molecule has 0 radical (unpaired) electrons. The van der Waals surface area contributed by atoms with E-state index in [1.165, 1.54) is 4.90 Å². The smallest absolute Gasteiger partial charge is 0.220 e. The molecule has 3 nitrogen and oxygen atoms in total. The minimum Gasteiger partial charge on any atom is -0.354 e. The molecule has 0 saturated heterocycles. The summed E-state index contributed by atoms with van der Waals surface area (Å²) in [6.07, 6.45) is 1.39. The van der Waals surface area contributed by atoms with E-state index in [0.29, 0.717) is 13.0 Å². The van der Waals surface area contributed by atoms with Crippen LogP contribution in [0.3, 0.4) is 0 Å². The van der Waals surface area contributed by atoms with Gasteiger partial charge in [-0.1, -0.05) is 11.6 Å².